The van der Waals surface area contributed by atoms with E-state index in [9.17, 15) is 18.0 Å². The monoisotopic (exact) mass is 383 g/mol. The molecule has 2 nitrogen and oxygen atoms in total. The van der Waals surface area contributed by atoms with Gasteiger partial charge in [-0.05, 0) is 49.1 Å². The molecule has 1 aliphatic rings. The molecule has 0 heterocycles. The molecule has 144 valence electrons. The number of hydrogen-bond acceptors (Lipinski definition) is 2. The number of alkyl halides is 3. The van der Waals surface area contributed by atoms with Crippen LogP contribution in [0.15, 0.2) is 90.3 Å². The van der Waals surface area contributed by atoms with E-state index in [1.165, 1.54) is 18.3 Å². The van der Waals surface area contributed by atoms with Gasteiger partial charge in [0.15, 0.2) is 0 Å². The van der Waals surface area contributed by atoms with Crippen LogP contribution < -0.4 is 4.90 Å². The van der Waals surface area contributed by atoms with E-state index in [0.29, 0.717) is 5.69 Å². The third-order valence-corrected chi connectivity index (χ3v) is 4.54. The van der Waals surface area contributed by atoms with Crippen LogP contribution in [0, 0.1) is 0 Å². The number of Topliss-reactive ketones (excluding diaryl/α,β-unsaturated/α-hetero) is 1. The summed E-state index contributed by atoms with van der Waals surface area (Å²) in [7, 11) is 0. The van der Waals surface area contributed by atoms with Crippen LogP contribution in [0.2, 0.25) is 0 Å². The van der Waals surface area contributed by atoms with Crippen molar-refractivity contribution in [2.45, 2.75) is 25.9 Å². The van der Waals surface area contributed by atoms with Crippen molar-refractivity contribution in [1.29, 1.82) is 0 Å². The molecule has 0 radical (unpaired) electrons. The van der Waals surface area contributed by atoms with Crippen molar-refractivity contribution >= 4 is 17.0 Å². The van der Waals surface area contributed by atoms with Gasteiger partial charge in [-0.2, -0.15) is 13.2 Å². The van der Waals surface area contributed by atoms with Gasteiger partial charge in [0.25, 0.3) is 5.78 Å². The summed E-state index contributed by atoms with van der Waals surface area (Å²) in [5.74, 6) is -1.86. The lowest BCUT2D eigenvalue weighted by Crippen LogP contribution is -2.26. The predicted molar refractivity (Wildman–Crippen MR) is 105 cm³/mol. The van der Waals surface area contributed by atoms with Crippen LogP contribution in [0.1, 0.15) is 25.3 Å². The van der Waals surface area contributed by atoms with Gasteiger partial charge in [-0.3, -0.25) is 4.79 Å². The highest BCUT2D eigenvalue weighted by Gasteiger charge is 2.41. The molecule has 0 spiro atoms. The van der Waals surface area contributed by atoms with Gasteiger partial charge in [0.2, 0.25) is 0 Å². The Kier molecular flexibility index (Phi) is 5.83. The molecule has 0 amide bonds. The number of halogens is 3. The maximum absolute atomic E-state index is 13.3. The summed E-state index contributed by atoms with van der Waals surface area (Å²) in [5, 5.41) is 0. The maximum Gasteiger partial charge on any atom is 0.454 e. The molecule has 5 heteroatoms. The van der Waals surface area contributed by atoms with Crippen LogP contribution in [0.25, 0.3) is 5.57 Å². The van der Waals surface area contributed by atoms with E-state index in [1.807, 2.05) is 37.3 Å². The number of anilines is 1. The number of carbonyl (C=O) groups is 1. The second kappa shape index (κ2) is 8.30. The van der Waals surface area contributed by atoms with Crippen LogP contribution in [-0.2, 0) is 4.79 Å². The fourth-order valence-electron chi connectivity index (χ4n) is 3.09. The van der Waals surface area contributed by atoms with Crippen LogP contribution in [0.4, 0.5) is 18.9 Å². The molecule has 0 N–H and O–H groups in total. The molecule has 2 aromatic rings. The summed E-state index contributed by atoms with van der Waals surface area (Å²) in [6, 6.07) is 17.0. The minimum atomic E-state index is -4.96. The second-order valence-corrected chi connectivity index (χ2v) is 6.55. The quantitative estimate of drug-likeness (QED) is 0.566. The Morgan fingerprint density at radius 1 is 1.00 bits per heavy atom. The van der Waals surface area contributed by atoms with E-state index in [4.69, 9.17) is 0 Å². The first-order valence-corrected chi connectivity index (χ1v) is 8.97. The SMILES string of the molecule is CC1=C(N(/C=C(\C(=O)C(F)(F)F)c2ccccc2)c2ccccc2)C=CCC1. The lowest BCUT2D eigenvalue weighted by molar-refractivity contribution is -0.164. The predicted octanol–water partition coefficient (Wildman–Crippen LogP) is 6.29. The highest BCUT2D eigenvalue weighted by atomic mass is 19.4. The molecule has 2 aromatic carbocycles. The van der Waals surface area contributed by atoms with Gasteiger partial charge in [-0.25, -0.2) is 0 Å². The first-order chi connectivity index (χ1) is 13.4. The topological polar surface area (TPSA) is 20.3 Å². The van der Waals surface area contributed by atoms with Crippen molar-refractivity contribution < 1.29 is 18.0 Å². The van der Waals surface area contributed by atoms with Gasteiger partial charge < -0.3 is 4.90 Å². The number of hydrogen-bond donors (Lipinski definition) is 0. The van der Waals surface area contributed by atoms with Gasteiger partial charge in [-0.1, -0.05) is 54.6 Å². The number of rotatable bonds is 5. The summed E-state index contributed by atoms with van der Waals surface area (Å²) in [6.07, 6.45) is 1.92. The minimum absolute atomic E-state index is 0.226. The van der Waals surface area contributed by atoms with Gasteiger partial charge in [0.1, 0.15) is 0 Å². The van der Waals surface area contributed by atoms with E-state index >= 15 is 0 Å². The van der Waals surface area contributed by atoms with Gasteiger partial charge in [0, 0.05) is 17.6 Å². The van der Waals surface area contributed by atoms with Gasteiger partial charge in [-0.15, -0.1) is 0 Å². The molecule has 0 atom stereocenters. The van der Waals surface area contributed by atoms with Crippen molar-refractivity contribution in [3.05, 3.63) is 95.8 Å². The Labute approximate surface area is 162 Å². The zero-order chi connectivity index (χ0) is 20.1. The Hall–Kier alpha value is -3.08. The lowest BCUT2D eigenvalue weighted by atomic mass is 10.00. The van der Waals surface area contributed by atoms with Crippen LogP contribution in [0.3, 0.4) is 0 Å². The highest BCUT2D eigenvalue weighted by Crippen LogP contribution is 2.32. The molecular weight excluding hydrogens is 363 g/mol. The summed E-state index contributed by atoms with van der Waals surface area (Å²) in [6.45, 7) is 1.95. The third kappa shape index (κ3) is 4.42. The first kappa shape index (κ1) is 19.7. The van der Waals surface area contributed by atoms with E-state index in [0.717, 1.165) is 24.1 Å². The van der Waals surface area contributed by atoms with Crippen molar-refractivity contribution in [2.75, 3.05) is 4.90 Å². The van der Waals surface area contributed by atoms with E-state index < -0.39 is 17.5 Å². The average molecular weight is 383 g/mol. The zero-order valence-corrected chi connectivity index (χ0v) is 15.4. The first-order valence-electron chi connectivity index (χ1n) is 8.97. The van der Waals surface area contributed by atoms with E-state index in [2.05, 4.69) is 0 Å². The van der Waals surface area contributed by atoms with Gasteiger partial charge in [0.05, 0.1) is 5.57 Å². The molecule has 1 aliphatic carbocycles. The molecule has 0 aliphatic heterocycles. The zero-order valence-electron chi connectivity index (χ0n) is 15.4. The van der Waals surface area contributed by atoms with E-state index in [-0.39, 0.29) is 5.56 Å². The van der Waals surface area contributed by atoms with Crippen LogP contribution >= 0.6 is 0 Å². The smallest absolute Gasteiger partial charge is 0.317 e. The molecule has 0 fully saturated rings. The number of ketones is 1. The molecule has 28 heavy (non-hydrogen) atoms. The fraction of sp³-hybridized carbons (Fsp3) is 0.174. The molecule has 0 bridgehead atoms. The third-order valence-electron chi connectivity index (χ3n) is 4.54. The second-order valence-electron chi connectivity index (χ2n) is 6.55. The number of benzene rings is 2. The van der Waals surface area contributed by atoms with Crippen molar-refractivity contribution in [1.82, 2.24) is 0 Å². The minimum Gasteiger partial charge on any atom is -0.317 e. The normalized spacial score (nSPS) is 14.9. The van der Waals surface area contributed by atoms with Crippen molar-refractivity contribution in [3.63, 3.8) is 0 Å². The number of nitrogens with zero attached hydrogens (tertiary/aromatic N) is 1. The number of para-hydroxylation sites is 1. The molecule has 3 rings (SSSR count). The maximum atomic E-state index is 13.3. The summed E-state index contributed by atoms with van der Waals surface area (Å²) in [5.41, 5.74) is 2.35. The van der Waals surface area contributed by atoms with Crippen molar-refractivity contribution in [3.8, 4) is 0 Å². The Morgan fingerprint density at radius 2 is 1.61 bits per heavy atom. The summed E-state index contributed by atoms with van der Waals surface area (Å²) < 4.78 is 40.0. The summed E-state index contributed by atoms with van der Waals surface area (Å²) in [4.78, 5) is 13.9. The number of carbonyl (C=O) groups excluding carboxylic acids is 1. The lowest BCUT2D eigenvalue weighted by Gasteiger charge is -2.27. The summed E-state index contributed by atoms with van der Waals surface area (Å²) >= 11 is 0. The van der Waals surface area contributed by atoms with E-state index in [1.54, 1.807) is 35.2 Å². The Bertz CT molecular complexity index is 925. The van der Waals surface area contributed by atoms with Crippen LogP contribution in [0.5, 0.6) is 0 Å². The standard InChI is InChI=1S/C23H20F3NO/c1-17-10-8-9-15-21(17)27(19-13-6-3-7-14-19)16-20(22(28)23(24,25)26)18-11-4-2-5-12-18/h2-7,9,11-16H,8,10H2,1H3/b20-16-. The highest BCUT2D eigenvalue weighted by molar-refractivity contribution is 6.23. The molecule has 0 unspecified atom stereocenters. The van der Waals surface area contributed by atoms with Crippen LogP contribution in [-0.4, -0.2) is 12.0 Å². The Balaban J connectivity index is 2.20. The Morgan fingerprint density at radius 3 is 2.18 bits per heavy atom. The number of allylic oxidation sites excluding steroid dienone is 4. The molecule has 0 saturated heterocycles. The molecule has 0 aromatic heterocycles. The molecule has 0 saturated carbocycles. The average Bonchev–Trinajstić information content (AvgIpc) is 2.70. The van der Waals surface area contributed by atoms with Crippen molar-refractivity contribution in [2.24, 2.45) is 0 Å². The molecular formula is C23H20F3NO. The van der Waals surface area contributed by atoms with Gasteiger partial charge >= 0.3 is 6.18 Å². The largest absolute Gasteiger partial charge is 0.454 e. The fourth-order valence-corrected chi connectivity index (χ4v) is 3.09.